The highest BCUT2D eigenvalue weighted by Gasteiger charge is 2.17. The van der Waals surface area contributed by atoms with E-state index in [2.05, 4.69) is 27.3 Å². The van der Waals surface area contributed by atoms with Gasteiger partial charge in [0.1, 0.15) is 11.2 Å². The Balaban J connectivity index is 1.37. The molecule has 3 aromatic rings. The topological polar surface area (TPSA) is 91.3 Å². The second-order valence-electron chi connectivity index (χ2n) is 7.52. The molecule has 1 aromatic heterocycles. The number of nitrogens with zero attached hydrogens (tertiary/aromatic N) is 2. The SMILES string of the molecule is O=C(NCc1ccc(CN2CCCCC2)cc1)c1cc2cccc([N+](=O)[O-])c2[nH]1. The molecule has 4 rings (SSSR count). The molecule has 0 aliphatic carbocycles. The number of carbonyl (C=O) groups is 1. The molecule has 0 atom stereocenters. The van der Waals surface area contributed by atoms with Crippen LogP contribution in [0.5, 0.6) is 0 Å². The maximum atomic E-state index is 12.5. The molecule has 0 bridgehead atoms. The number of rotatable bonds is 6. The summed E-state index contributed by atoms with van der Waals surface area (Å²) < 4.78 is 0. The number of aromatic nitrogens is 1. The van der Waals surface area contributed by atoms with E-state index >= 15 is 0 Å². The van der Waals surface area contributed by atoms with Crippen LogP contribution in [-0.2, 0) is 13.1 Å². The van der Waals surface area contributed by atoms with E-state index in [1.165, 1.54) is 44.0 Å². The van der Waals surface area contributed by atoms with Crippen molar-refractivity contribution in [2.75, 3.05) is 13.1 Å². The van der Waals surface area contributed by atoms with Crippen molar-refractivity contribution in [3.63, 3.8) is 0 Å². The lowest BCUT2D eigenvalue weighted by atomic mass is 10.1. The van der Waals surface area contributed by atoms with Crippen molar-refractivity contribution >= 4 is 22.5 Å². The van der Waals surface area contributed by atoms with Gasteiger partial charge in [-0.15, -0.1) is 0 Å². The van der Waals surface area contributed by atoms with Crippen molar-refractivity contribution in [2.24, 2.45) is 0 Å². The number of nitro benzene ring substituents is 1. The molecule has 29 heavy (non-hydrogen) atoms. The Morgan fingerprint density at radius 1 is 1.07 bits per heavy atom. The summed E-state index contributed by atoms with van der Waals surface area (Å²) in [6.07, 6.45) is 3.89. The molecule has 7 heteroatoms. The monoisotopic (exact) mass is 392 g/mol. The Hall–Kier alpha value is -3.19. The highest BCUT2D eigenvalue weighted by Crippen LogP contribution is 2.25. The van der Waals surface area contributed by atoms with Crippen LogP contribution in [0.4, 0.5) is 5.69 Å². The number of para-hydroxylation sites is 1. The van der Waals surface area contributed by atoms with E-state index in [4.69, 9.17) is 0 Å². The summed E-state index contributed by atoms with van der Waals surface area (Å²) in [5, 5.41) is 14.7. The van der Waals surface area contributed by atoms with Gasteiger partial charge in [-0.3, -0.25) is 19.8 Å². The van der Waals surface area contributed by atoms with Gasteiger partial charge < -0.3 is 10.3 Å². The fourth-order valence-electron chi connectivity index (χ4n) is 3.83. The number of nitrogens with one attached hydrogen (secondary N) is 2. The number of carbonyl (C=O) groups excluding carboxylic acids is 1. The number of piperidine rings is 1. The summed E-state index contributed by atoms with van der Waals surface area (Å²) in [5.41, 5.74) is 2.94. The van der Waals surface area contributed by atoms with Gasteiger partial charge in [0.2, 0.25) is 0 Å². The minimum atomic E-state index is -0.452. The van der Waals surface area contributed by atoms with Crippen LogP contribution >= 0.6 is 0 Å². The van der Waals surface area contributed by atoms with Gasteiger partial charge in [-0.2, -0.15) is 0 Å². The Morgan fingerprint density at radius 3 is 2.52 bits per heavy atom. The lowest BCUT2D eigenvalue weighted by molar-refractivity contribution is -0.383. The third kappa shape index (κ3) is 4.46. The normalized spacial score (nSPS) is 14.8. The first-order chi connectivity index (χ1) is 14.1. The average Bonchev–Trinajstić information content (AvgIpc) is 3.18. The van der Waals surface area contributed by atoms with Crippen LogP contribution < -0.4 is 5.32 Å². The molecule has 1 fully saturated rings. The number of H-pyrrole nitrogens is 1. The van der Waals surface area contributed by atoms with Gasteiger partial charge in [-0.05, 0) is 43.1 Å². The predicted molar refractivity (Wildman–Crippen MR) is 112 cm³/mol. The van der Waals surface area contributed by atoms with E-state index in [1.807, 2.05) is 12.1 Å². The Labute approximate surface area is 168 Å². The Kier molecular flexibility index (Phi) is 5.57. The molecule has 0 saturated carbocycles. The first-order valence-corrected chi connectivity index (χ1v) is 9.94. The number of benzene rings is 2. The first-order valence-electron chi connectivity index (χ1n) is 9.94. The quantitative estimate of drug-likeness (QED) is 0.490. The summed E-state index contributed by atoms with van der Waals surface area (Å²) in [6.45, 7) is 3.71. The van der Waals surface area contributed by atoms with Crippen molar-refractivity contribution in [3.05, 3.63) is 75.5 Å². The van der Waals surface area contributed by atoms with Gasteiger partial charge in [-0.1, -0.05) is 42.8 Å². The standard InChI is InChI=1S/C22H24N4O3/c27-22(19-13-18-5-4-6-20(26(28)29)21(18)24-19)23-14-16-7-9-17(10-8-16)15-25-11-2-1-3-12-25/h4-10,13,24H,1-3,11-12,14-15H2,(H,23,27). The average molecular weight is 392 g/mol. The second kappa shape index (κ2) is 8.45. The first kappa shape index (κ1) is 19.1. The number of hydrogen-bond acceptors (Lipinski definition) is 4. The van der Waals surface area contributed by atoms with E-state index in [1.54, 1.807) is 18.2 Å². The lowest BCUT2D eigenvalue weighted by Crippen LogP contribution is -2.29. The number of aromatic amines is 1. The van der Waals surface area contributed by atoms with Crippen molar-refractivity contribution in [1.29, 1.82) is 0 Å². The Morgan fingerprint density at radius 2 is 1.79 bits per heavy atom. The molecule has 7 nitrogen and oxygen atoms in total. The van der Waals surface area contributed by atoms with Gasteiger partial charge in [0.15, 0.2) is 0 Å². The lowest BCUT2D eigenvalue weighted by Gasteiger charge is -2.26. The zero-order valence-electron chi connectivity index (χ0n) is 16.2. The van der Waals surface area contributed by atoms with E-state index < -0.39 is 4.92 Å². The van der Waals surface area contributed by atoms with Crippen molar-refractivity contribution < 1.29 is 9.72 Å². The van der Waals surface area contributed by atoms with Crippen LogP contribution in [0.1, 0.15) is 40.9 Å². The fraction of sp³-hybridized carbons (Fsp3) is 0.318. The van der Waals surface area contributed by atoms with Crippen LogP contribution in [0, 0.1) is 10.1 Å². The summed E-state index contributed by atoms with van der Waals surface area (Å²) in [4.78, 5) is 28.5. The van der Waals surface area contributed by atoms with Gasteiger partial charge >= 0.3 is 0 Å². The highest BCUT2D eigenvalue weighted by molar-refractivity contribution is 6.00. The third-order valence-electron chi connectivity index (χ3n) is 5.41. The van der Waals surface area contributed by atoms with Gasteiger partial charge in [0.05, 0.1) is 4.92 Å². The van der Waals surface area contributed by atoms with Crippen LogP contribution in [-0.4, -0.2) is 33.8 Å². The summed E-state index contributed by atoms with van der Waals surface area (Å²) in [6, 6.07) is 14.7. The van der Waals surface area contributed by atoms with Gasteiger partial charge in [0.25, 0.3) is 11.6 Å². The zero-order chi connectivity index (χ0) is 20.2. The second-order valence-corrected chi connectivity index (χ2v) is 7.52. The molecule has 1 amide bonds. The summed E-state index contributed by atoms with van der Waals surface area (Å²) >= 11 is 0. The van der Waals surface area contributed by atoms with Crippen molar-refractivity contribution in [1.82, 2.24) is 15.2 Å². The number of hydrogen-bond donors (Lipinski definition) is 2. The molecule has 0 unspecified atom stereocenters. The van der Waals surface area contributed by atoms with E-state index in [0.717, 1.165) is 12.1 Å². The number of amides is 1. The molecule has 150 valence electrons. The maximum Gasteiger partial charge on any atom is 0.293 e. The van der Waals surface area contributed by atoms with E-state index in [9.17, 15) is 14.9 Å². The molecule has 1 aliphatic heterocycles. The number of fused-ring (bicyclic) bond motifs is 1. The molecular formula is C22H24N4O3. The minimum Gasteiger partial charge on any atom is -0.347 e. The van der Waals surface area contributed by atoms with E-state index in [-0.39, 0.29) is 11.6 Å². The number of likely N-dealkylation sites (tertiary alicyclic amines) is 1. The van der Waals surface area contributed by atoms with Gasteiger partial charge in [-0.25, -0.2) is 0 Å². The maximum absolute atomic E-state index is 12.5. The molecule has 0 spiro atoms. The number of non-ortho nitro benzene ring substituents is 1. The fourth-order valence-corrected chi connectivity index (χ4v) is 3.83. The third-order valence-corrected chi connectivity index (χ3v) is 5.41. The largest absolute Gasteiger partial charge is 0.347 e. The van der Waals surface area contributed by atoms with Crippen LogP contribution in [0.2, 0.25) is 0 Å². The van der Waals surface area contributed by atoms with Gasteiger partial charge in [0, 0.05) is 24.5 Å². The van der Waals surface area contributed by atoms with Crippen LogP contribution in [0.3, 0.4) is 0 Å². The molecule has 1 saturated heterocycles. The molecule has 2 heterocycles. The molecule has 2 N–H and O–H groups in total. The van der Waals surface area contributed by atoms with Crippen LogP contribution in [0.15, 0.2) is 48.5 Å². The molecule has 0 radical (unpaired) electrons. The smallest absolute Gasteiger partial charge is 0.293 e. The van der Waals surface area contributed by atoms with E-state index in [0.29, 0.717) is 23.1 Å². The molecule has 1 aliphatic rings. The Bertz CT molecular complexity index is 1020. The van der Waals surface area contributed by atoms with Crippen molar-refractivity contribution in [2.45, 2.75) is 32.4 Å². The molecular weight excluding hydrogens is 368 g/mol. The molecule has 2 aromatic carbocycles. The predicted octanol–water partition coefficient (Wildman–Crippen LogP) is 3.99. The minimum absolute atomic E-state index is 0.0363. The summed E-state index contributed by atoms with van der Waals surface area (Å²) in [5.74, 6) is -0.284. The van der Waals surface area contributed by atoms with Crippen molar-refractivity contribution in [3.8, 4) is 0 Å². The highest BCUT2D eigenvalue weighted by atomic mass is 16.6. The number of nitro groups is 1. The van der Waals surface area contributed by atoms with Crippen LogP contribution in [0.25, 0.3) is 10.9 Å². The summed E-state index contributed by atoms with van der Waals surface area (Å²) in [7, 11) is 0. The zero-order valence-corrected chi connectivity index (χ0v) is 16.2.